The van der Waals surface area contributed by atoms with Gasteiger partial charge in [0, 0.05) is 13.5 Å². The molecule has 1 heterocycles. The molecule has 2 aromatic rings. The first-order valence-corrected chi connectivity index (χ1v) is 5.41. The summed E-state index contributed by atoms with van der Waals surface area (Å²) in [5.41, 5.74) is 0.468. The van der Waals surface area contributed by atoms with Gasteiger partial charge in [-0.15, -0.1) is 0 Å². The van der Waals surface area contributed by atoms with Crippen LogP contribution in [0.1, 0.15) is 17.5 Å². The summed E-state index contributed by atoms with van der Waals surface area (Å²) in [6.07, 6.45) is 0.854. The number of aliphatic hydroxyl groups excluding tert-OH is 1. The minimum atomic E-state index is -0.829. The topological polar surface area (TPSA) is 50.9 Å². The first-order chi connectivity index (χ1) is 8.08. The molecule has 0 aliphatic rings. The largest absolute Gasteiger partial charge is 0.388 e. The molecule has 0 fully saturated rings. The fraction of sp³-hybridized carbons (Fsp3) is 0.273. The van der Waals surface area contributed by atoms with Gasteiger partial charge in [0.15, 0.2) is 0 Å². The zero-order valence-electron chi connectivity index (χ0n) is 9.14. The highest BCUT2D eigenvalue weighted by Crippen LogP contribution is 2.22. The predicted molar refractivity (Wildman–Crippen MR) is 61.1 cm³/mol. The number of hydrogen-bond acceptors (Lipinski definition) is 3. The van der Waals surface area contributed by atoms with Crippen LogP contribution in [0.25, 0.3) is 0 Å². The summed E-state index contributed by atoms with van der Waals surface area (Å²) in [5, 5.41) is 13.9. The van der Waals surface area contributed by atoms with E-state index in [0.29, 0.717) is 11.4 Å². The van der Waals surface area contributed by atoms with Gasteiger partial charge >= 0.3 is 0 Å². The van der Waals surface area contributed by atoms with Gasteiger partial charge < -0.3 is 5.11 Å². The quantitative estimate of drug-likeness (QED) is 0.911. The molecule has 0 saturated heterocycles. The van der Waals surface area contributed by atoms with Gasteiger partial charge in [-0.05, 0) is 17.7 Å². The maximum Gasteiger partial charge on any atom is 0.142 e. The smallest absolute Gasteiger partial charge is 0.142 e. The van der Waals surface area contributed by atoms with Gasteiger partial charge in [-0.25, -0.2) is 9.37 Å². The second kappa shape index (κ2) is 4.81. The number of rotatable bonds is 3. The monoisotopic (exact) mass is 255 g/mol. The summed E-state index contributed by atoms with van der Waals surface area (Å²) in [4.78, 5) is 3.99. The van der Waals surface area contributed by atoms with Crippen LogP contribution in [0.2, 0.25) is 5.02 Å². The van der Waals surface area contributed by atoms with Crippen molar-refractivity contribution >= 4 is 11.6 Å². The highest BCUT2D eigenvalue weighted by molar-refractivity contribution is 6.30. The van der Waals surface area contributed by atoms with Crippen molar-refractivity contribution in [2.24, 2.45) is 7.05 Å². The van der Waals surface area contributed by atoms with Gasteiger partial charge in [0.2, 0.25) is 0 Å². The van der Waals surface area contributed by atoms with Gasteiger partial charge in [-0.2, -0.15) is 5.10 Å². The molecule has 1 atom stereocenters. The van der Waals surface area contributed by atoms with Crippen LogP contribution in [-0.4, -0.2) is 19.9 Å². The van der Waals surface area contributed by atoms with Crippen molar-refractivity contribution in [3.05, 3.63) is 46.8 Å². The zero-order chi connectivity index (χ0) is 12.4. The van der Waals surface area contributed by atoms with Crippen LogP contribution in [0.3, 0.4) is 0 Å². The maximum absolute atomic E-state index is 13.2. The highest BCUT2D eigenvalue weighted by Gasteiger charge is 2.13. The number of benzene rings is 1. The number of aliphatic hydroxyl groups is 1. The first kappa shape index (κ1) is 12.0. The predicted octanol–water partition coefficient (Wildman–Crippen LogP) is 1.88. The molecule has 1 N–H and O–H groups in total. The molecule has 6 heteroatoms. The first-order valence-electron chi connectivity index (χ1n) is 5.04. The molecule has 0 aliphatic carbocycles. The minimum Gasteiger partial charge on any atom is -0.388 e. The van der Waals surface area contributed by atoms with Crippen molar-refractivity contribution in [3.63, 3.8) is 0 Å². The van der Waals surface area contributed by atoms with Crippen LogP contribution in [0, 0.1) is 5.82 Å². The van der Waals surface area contributed by atoms with Crippen molar-refractivity contribution in [1.29, 1.82) is 0 Å². The van der Waals surface area contributed by atoms with E-state index in [4.69, 9.17) is 11.6 Å². The van der Waals surface area contributed by atoms with Crippen molar-refractivity contribution in [2.75, 3.05) is 0 Å². The second-order valence-corrected chi connectivity index (χ2v) is 4.10. The highest BCUT2D eigenvalue weighted by atomic mass is 35.5. The lowest BCUT2D eigenvalue weighted by molar-refractivity contribution is 0.174. The zero-order valence-corrected chi connectivity index (χ0v) is 9.89. The SMILES string of the molecule is Cn1ncnc1CC(O)c1ccc(Cl)c(F)c1. The number of nitrogens with zero attached hydrogens (tertiary/aromatic N) is 3. The molecule has 0 amide bonds. The molecule has 4 nitrogen and oxygen atoms in total. The van der Waals surface area contributed by atoms with Gasteiger partial charge in [-0.1, -0.05) is 17.7 Å². The summed E-state index contributed by atoms with van der Waals surface area (Å²) in [6.45, 7) is 0. The van der Waals surface area contributed by atoms with Crippen LogP contribution in [0.5, 0.6) is 0 Å². The molecule has 90 valence electrons. The molecule has 1 aromatic heterocycles. The Bertz CT molecular complexity index is 529. The Morgan fingerprint density at radius 2 is 2.29 bits per heavy atom. The van der Waals surface area contributed by atoms with E-state index in [-0.39, 0.29) is 11.4 Å². The number of aryl methyl sites for hydroxylation is 1. The summed E-state index contributed by atoms with van der Waals surface area (Å²) < 4.78 is 14.8. The lowest BCUT2D eigenvalue weighted by Crippen LogP contribution is -2.07. The third-order valence-corrected chi connectivity index (χ3v) is 2.82. The molecule has 1 unspecified atom stereocenters. The van der Waals surface area contributed by atoms with Gasteiger partial charge in [-0.3, -0.25) is 4.68 Å². The van der Waals surface area contributed by atoms with Crippen LogP contribution >= 0.6 is 11.6 Å². The van der Waals surface area contributed by atoms with Crippen LogP contribution in [0.15, 0.2) is 24.5 Å². The van der Waals surface area contributed by atoms with E-state index in [0.717, 1.165) is 0 Å². The number of aromatic nitrogens is 3. The third kappa shape index (κ3) is 2.62. The molecule has 0 bridgehead atoms. The molecule has 2 rings (SSSR count). The molecule has 17 heavy (non-hydrogen) atoms. The number of hydrogen-bond donors (Lipinski definition) is 1. The summed E-state index contributed by atoms with van der Waals surface area (Å²) in [6, 6.07) is 4.24. The normalized spacial score (nSPS) is 12.7. The molecule has 1 aromatic carbocycles. The van der Waals surface area contributed by atoms with E-state index in [9.17, 15) is 9.50 Å². The Hall–Kier alpha value is -1.46. The van der Waals surface area contributed by atoms with E-state index in [2.05, 4.69) is 10.1 Å². The Morgan fingerprint density at radius 3 is 2.88 bits per heavy atom. The van der Waals surface area contributed by atoms with Crippen LogP contribution < -0.4 is 0 Å². The summed E-state index contributed by atoms with van der Waals surface area (Å²) >= 11 is 5.57. The summed E-state index contributed by atoms with van der Waals surface area (Å²) in [7, 11) is 1.73. The average Bonchev–Trinajstić information content (AvgIpc) is 2.68. The van der Waals surface area contributed by atoms with Crippen LogP contribution in [-0.2, 0) is 13.5 Å². The lowest BCUT2D eigenvalue weighted by atomic mass is 10.1. The fourth-order valence-corrected chi connectivity index (χ4v) is 1.63. The summed E-state index contributed by atoms with van der Waals surface area (Å²) in [5.74, 6) is 0.0917. The van der Waals surface area contributed by atoms with Crippen molar-refractivity contribution in [3.8, 4) is 0 Å². The van der Waals surface area contributed by atoms with E-state index < -0.39 is 11.9 Å². The fourth-order valence-electron chi connectivity index (χ4n) is 1.52. The van der Waals surface area contributed by atoms with E-state index in [1.54, 1.807) is 17.8 Å². The standard InChI is InChI=1S/C11H11ClFN3O/c1-16-11(14-6-15-16)5-10(17)7-2-3-8(12)9(13)4-7/h2-4,6,10,17H,5H2,1H3. The van der Waals surface area contributed by atoms with Gasteiger partial charge in [0.25, 0.3) is 0 Å². The average molecular weight is 256 g/mol. The van der Waals surface area contributed by atoms with Crippen LogP contribution in [0.4, 0.5) is 4.39 Å². The molecular weight excluding hydrogens is 245 g/mol. The van der Waals surface area contributed by atoms with E-state index in [1.165, 1.54) is 18.5 Å². The van der Waals surface area contributed by atoms with E-state index in [1.807, 2.05) is 0 Å². The lowest BCUT2D eigenvalue weighted by Gasteiger charge is -2.10. The molecule has 0 aliphatic heterocycles. The van der Waals surface area contributed by atoms with Gasteiger partial charge in [0.05, 0.1) is 11.1 Å². The Balaban J connectivity index is 2.17. The number of halogens is 2. The van der Waals surface area contributed by atoms with E-state index >= 15 is 0 Å². The minimum absolute atomic E-state index is 0.0413. The third-order valence-electron chi connectivity index (χ3n) is 2.51. The van der Waals surface area contributed by atoms with Crippen molar-refractivity contribution < 1.29 is 9.50 Å². The Labute approximate surface area is 103 Å². The van der Waals surface area contributed by atoms with Gasteiger partial charge in [0.1, 0.15) is 18.0 Å². The molecule has 0 radical (unpaired) electrons. The molecule has 0 saturated carbocycles. The van der Waals surface area contributed by atoms with Crippen molar-refractivity contribution in [1.82, 2.24) is 14.8 Å². The molecular formula is C11H11ClFN3O. The Morgan fingerprint density at radius 1 is 1.53 bits per heavy atom. The van der Waals surface area contributed by atoms with Crippen molar-refractivity contribution in [2.45, 2.75) is 12.5 Å². The Kier molecular flexibility index (Phi) is 3.40. The maximum atomic E-state index is 13.2. The molecule has 0 spiro atoms. The second-order valence-electron chi connectivity index (χ2n) is 3.69.